The molecule has 0 bridgehead atoms. The van der Waals surface area contributed by atoms with E-state index in [4.69, 9.17) is 9.72 Å². The maximum absolute atomic E-state index is 12.6. The van der Waals surface area contributed by atoms with Crippen molar-refractivity contribution in [2.45, 2.75) is 45.1 Å². The first kappa shape index (κ1) is 24.7. The molecule has 192 valence electrons. The monoisotopic (exact) mass is 520 g/mol. The maximum atomic E-state index is 12.6. The van der Waals surface area contributed by atoms with Gasteiger partial charge in [-0.05, 0) is 50.0 Å². The summed E-state index contributed by atoms with van der Waals surface area (Å²) in [6.07, 6.45) is 6.89. The Kier molecular flexibility index (Phi) is 7.04. The van der Waals surface area contributed by atoms with Gasteiger partial charge in [-0.25, -0.2) is 4.98 Å². The van der Waals surface area contributed by atoms with Crippen LogP contribution >= 0.6 is 11.3 Å². The lowest BCUT2D eigenvalue weighted by Gasteiger charge is -2.09. The lowest BCUT2D eigenvalue weighted by atomic mass is 10.1. The molecular weight excluding hydrogens is 492 g/mol. The molecule has 11 heteroatoms. The highest BCUT2D eigenvalue weighted by Gasteiger charge is 2.24. The summed E-state index contributed by atoms with van der Waals surface area (Å²) >= 11 is 1.35. The molecule has 1 saturated carbocycles. The number of anilines is 1. The number of fused-ring (bicyclic) bond motifs is 1. The van der Waals surface area contributed by atoms with E-state index < -0.39 is 0 Å². The summed E-state index contributed by atoms with van der Waals surface area (Å²) in [5, 5.41) is 13.6. The Morgan fingerprint density at radius 1 is 1.35 bits per heavy atom. The quantitative estimate of drug-likeness (QED) is 0.276. The second-order valence-electron chi connectivity index (χ2n) is 8.98. The first-order valence-corrected chi connectivity index (χ1v) is 13.1. The summed E-state index contributed by atoms with van der Waals surface area (Å²) in [7, 11) is 0. The third-order valence-corrected chi connectivity index (χ3v) is 7.12. The van der Waals surface area contributed by atoms with Crippen LogP contribution in [-0.2, 0) is 14.3 Å². The minimum absolute atomic E-state index is 0.0808. The van der Waals surface area contributed by atoms with Crippen LogP contribution in [0.1, 0.15) is 54.3 Å². The van der Waals surface area contributed by atoms with Gasteiger partial charge in [0.1, 0.15) is 5.82 Å². The van der Waals surface area contributed by atoms with Crippen molar-refractivity contribution in [3.05, 3.63) is 52.7 Å². The first-order chi connectivity index (χ1) is 17.9. The van der Waals surface area contributed by atoms with Gasteiger partial charge in [0, 0.05) is 36.3 Å². The van der Waals surface area contributed by atoms with Crippen LogP contribution in [-0.4, -0.2) is 51.6 Å². The molecule has 0 unspecified atom stereocenters. The fourth-order valence-electron chi connectivity index (χ4n) is 4.00. The van der Waals surface area contributed by atoms with E-state index in [2.05, 4.69) is 27.6 Å². The zero-order valence-electron chi connectivity index (χ0n) is 20.5. The number of carbonyl (C=O) groups is 3. The normalized spacial score (nSPS) is 16.3. The largest absolute Gasteiger partial charge is 0.466 e. The van der Waals surface area contributed by atoms with Crippen molar-refractivity contribution >= 4 is 46.7 Å². The molecule has 2 amide bonds. The van der Waals surface area contributed by atoms with Gasteiger partial charge in [-0.2, -0.15) is 9.61 Å². The Bertz CT molecular complexity index is 1420. The van der Waals surface area contributed by atoms with E-state index in [0.29, 0.717) is 41.8 Å². The number of ether oxygens (including phenoxy) is 1. The van der Waals surface area contributed by atoms with Gasteiger partial charge in [0.2, 0.25) is 5.91 Å². The maximum Gasteiger partial charge on any atom is 0.305 e. The summed E-state index contributed by atoms with van der Waals surface area (Å²) in [5.74, 6) is 0.291. The second-order valence-corrected chi connectivity index (χ2v) is 10.1. The number of allylic oxidation sites excluding steroid dienone is 1. The Morgan fingerprint density at radius 3 is 2.92 bits per heavy atom. The Hall–Kier alpha value is -3.99. The molecule has 4 heterocycles. The van der Waals surface area contributed by atoms with E-state index in [1.165, 1.54) is 11.3 Å². The molecule has 37 heavy (non-hydrogen) atoms. The molecule has 0 atom stereocenters. The van der Waals surface area contributed by atoms with Gasteiger partial charge in [0.25, 0.3) is 5.91 Å². The molecule has 3 aromatic rings. The third kappa shape index (κ3) is 5.72. The average Bonchev–Trinajstić information content (AvgIpc) is 3.24. The number of rotatable bonds is 10. The number of nitrogens with zero attached hydrogens (tertiary/aromatic N) is 3. The van der Waals surface area contributed by atoms with E-state index in [-0.39, 0.29) is 30.6 Å². The van der Waals surface area contributed by atoms with Crippen LogP contribution in [0.2, 0.25) is 0 Å². The van der Waals surface area contributed by atoms with Crippen molar-refractivity contribution < 1.29 is 19.1 Å². The molecule has 2 fully saturated rings. The van der Waals surface area contributed by atoms with Gasteiger partial charge in [-0.15, -0.1) is 11.3 Å². The average molecular weight is 521 g/mol. The van der Waals surface area contributed by atoms with Crippen molar-refractivity contribution in [1.82, 2.24) is 25.2 Å². The number of aromatic nitrogens is 3. The Morgan fingerprint density at radius 2 is 2.19 bits per heavy atom. The smallest absolute Gasteiger partial charge is 0.305 e. The predicted octanol–water partition coefficient (Wildman–Crippen LogP) is 3.52. The molecule has 3 N–H and O–H groups in total. The fourth-order valence-corrected chi connectivity index (χ4v) is 4.88. The molecule has 5 rings (SSSR count). The number of carbonyl (C=O) groups excluding carboxylic acids is 3. The van der Waals surface area contributed by atoms with Crippen LogP contribution in [0.25, 0.3) is 22.3 Å². The zero-order valence-corrected chi connectivity index (χ0v) is 21.3. The van der Waals surface area contributed by atoms with Crippen LogP contribution < -0.4 is 16.0 Å². The van der Waals surface area contributed by atoms with E-state index in [1.807, 2.05) is 18.2 Å². The number of nitrogens with one attached hydrogen (secondary N) is 3. The molecular formula is C26H28N6O4S. The van der Waals surface area contributed by atoms with Crippen LogP contribution in [0.4, 0.5) is 5.82 Å². The molecule has 0 radical (unpaired) electrons. The summed E-state index contributed by atoms with van der Waals surface area (Å²) in [6, 6.07) is 6.01. The van der Waals surface area contributed by atoms with Gasteiger partial charge >= 0.3 is 5.97 Å². The van der Waals surface area contributed by atoms with Crippen molar-refractivity contribution in [2.75, 3.05) is 18.5 Å². The van der Waals surface area contributed by atoms with E-state index in [0.717, 1.165) is 40.4 Å². The minimum atomic E-state index is -0.262. The SMILES string of the molecule is C=C1NC(=O)C/C1=C\c1cnn2c(NC3CC3)cc(-c3ccc(C(=O)NCCCC(=O)OCC)s3)nc12. The number of amides is 2. The van der Waals surface area contributed by atoms with Crippen LogP contribution in [0.5, 0.6) is 0 Å². The van der Waals surface area contributed by atoms with Crippen molar-refractivity contribution in [3.63, 3.8) is 0 Å². The fraction of sp³-hybridized carbons (Fsp3) is 0.346. The Balaban J connectivity index is 1.38. The first-order valence-electron chi connectivity index (χ1n) is 12.3. The molecule has 2 aliphatic rings. The second kappa shape index (κ2) is 10.6. The topological polar surface area (TPSA) is 127 Å². The highest BCUT2D eigenvalue weighted by molar-refractivity contribution is 7.17. The summed E-state index contributed by atoms with van der Waals surface area (Å²) < 4.78 is 6.68. The Labute approximate surface area is 217 Å². The van der Waals surface area contributed by atoms with Crippen molar-refractivity contribution in [3.8, 4) is 10.6 Å². The lowest BCUT2D eigenvalue weighted by Crippen LogP contribution is -2.24. The van der Waals surface area contributed by atoms with Gasteiger partial charge in [-0.1, -0.05) is 6.58 Å². The number of thiophene rings is 1. The van der Waals surface area contributed by atoms with Crippen molar-refractivity contribution in [2.24, 2.45) is 0 Å². The molecule has 1 saturated heterocycles. The van der Waals surface area contributed by atoms with Crippen molar-refractivity contribution in [1.29, 1.82) is 0 Å². The highest BCUT2D eigenvalue weighted by Crippen LogP contribution is 2.33. The number of hydrogen-bond donors (Lipinski definition) is 3. The molecule has 0 aromatic carbocycles. The minimum Gasteiger partial charge on any atom is -0.466 e. The zero-order chi connectivity index (χ0) is 25.9. The predicted molar refractivity (Wildman–Crippen MR) is 141 cm³/mol. The van der Waals surface area contributed by atoms with Gasteiger partial charge < -0.3 is 20.7 Å². The van der Waals surface area contributed by atoms with Gasteiger partial charge in [0.05, 0.1) is 34.7 Å². The van der Waals surface area contributed by atoms with Gasteiger partial charge in [0.15, 0.2) is 5.65 Å². The lowest BCUT2D eigenvalue weighted by molar-refractivity contribution is -0.143. The number of hydrogen-bond acceptors (Lipinski definition) is 8. The van der Waals surface area contributed by atoms with E-state index in [9.17, 15) is 14.4 Å². The number of esters is 1. The summed E-state index contributed by atoms with van der Waals surface area (Å²) in [6.45, 7) is 6.43. The molecule has 1 aliphatic heterocycles. The molecule has 0 spiro atoms. The highest BCUT2D eigenvalue weighted by atomic mass is 32.1. The summed E-state index contributed by atoms with van der Waals surface area (Å²) in [5.41, 5.74) is 3.56. The third-order valence-electron chi connectivity index (χ3n) is 6.02. The standard InChI is InChI=1S/C26H28N6O4S/c1-3-36-24(34)5-4-10-27-26(35)21-9-8-20(37-21)19-13-22(30-18-6-7-18)32-25(31-19)17(14-28-32)11-16-12-23(33)29-15(16)2/h8-9,11,13-14,18,30H,2-7,10,12H2,1H3,(H,27,35)(H,29,33)/b16-11+. The molecule has 10 nitrogen and oxygen atoms in total. The van der Waals surface area contributed by atoms with Gasteiger partial charge in [-0.3, -0.25) is 14.4 Å². The summed E-state index contributed by atoms with van der Waals surface area (Å²) in [4.78, 5) is 42.2. The van der Waals surface area contributed by atoms with E-state index >= 15 is 0 Å². The van der Waals surface area contributed by atoms with Crippen LogP contribution in [0, 0.1) is 0 Å². The molecule has 1 aliphatic carbocycles. The molecule has 3 aromatic heterocycles. The van der Waals surface area contributed by atoms with Crippen LogP contribution in [0.15, 0.2) is 42.2 Å². The van der Waals surface area contributed by atoms with E-state index in [1.54, 1.807) is 23.7 Å². The van der Waals surface area contributed by atoms with Crippen LogP contribution in [0.3, 0.4) is 0 Å².